The fourth-order valence-electron chi connectivity index (χ4n) is 3.02. The predicted octanol–water partition coefficient (Wildman–Crippen LogP) is 5.02. The lowest BCUT2D eigenvalue weighted by Crippen LogP contribution is -1.98. The Balaban J connectivity index is 1.70. The molecule has 4 rings (SSSR count). The van der Waals surface area contributed by atoms with Gasteiger partial charge in [-0.1, -0.05) is 36.0 Å². The summed E-state index contributed by atoms with van der Waals surface area (Å²) in [6.45, 7) is 0. The highest BCUT2D eigenvalue weighted by Gasteiger charge is 2.13. The van der Waals surface area contributed by atoms with Crippen LogP contribution in [0, 0.1) is 0 Å². The van der Waals surface area contributed by atoms with E-state index in [9.17, 15) is 9.90 Å². The number of hydrogen-bond acceptors (Lipinski definition) is 4. The highest BCUT2D eigenvalue weighted by molar-refractivity contribution is 7.98. The summed E-state index contributed by atoms with van der Waals surface area (Å²) in [6.07, 6.45) is 0. The van der Waals surface area contributed by atoms with Crippen molar-refractivity contribution in [2.75, 3.05) is 7.11 Å². The van der Waals surface area contributed by atoms with Gasteiger partial charge in [-0.2, -0.15) is 0 Å². The number of imidazole rings is 1. The average Bonchev–Trinajstić information content (AvgIpc) is 3.11. The number of aromatic carboxylic acids is 1. The standard InChI is InChI=1S/C22H18N2O3S/c1-27-18-11-9-17(10-12-18)24-20-8-3-2-7-19(20)23-22(24)28-14-15-5-4-6-16(13-15)21(25)26/h2-13H,14H2,1H3,(H,25,26). The number of rotatable bonds is 6. The van der Waals surface area contributed by atoms with E-state index in [2.05, 4.69) is 4.57 Å². The Bertz CT molecular complexity index is 1140. The van der Waals surface area contributed by atoms with Crippen molar-refractivity contribution in [3.8, 4) is 11.4 Å². The van der Waals surface area contributed by atoms with Crippen LogP contribution < -0.4 is 4.74 Å². The minimum absolute atomic E-state index is 0.293. The number of carboxylic acid groups (broad SMARTS) is 1. The third-order valence-corrected chi connectivity index (χ3v) is 5.41. The topological polar surface area (TPSA) is 64.3 Å². The molecule has 0 amide bonds. The molecule has 0 aliphatic rings. The Morgan fingerprint density at radius 2 is 1.86 bits per heavy atom. The van der Waals surface area contributed by atoms with Crippen LogP contribution in [-0.4, -0.2) is 27.7 Å². The zero-order chi connectivity index (χ0) is 19.5. The smallest absolute Gasteiger partial charge is 0.335 e. The van der Waals surface area contributed by atoms with Crippen molar-refractivity contribution in [1.29, 1.82) is 0 Å². The molecule has 4 aromatic rings. The predicted molar refractivity (Wildman–Crippen MR) is 111 cm³/mol. The average molecular weight is 390 g/mol. The number of para-hydroxylation sites is 2. The van der Waals surface area contributed by atoms with Gasteiger partial charge in [0.05, 0.1) is 23.7 Å². The van der Waals surface area contributed by atoms with Crippen LogP contribution in [0.1, 0.15) is 15.9 Å². The van der Waals surface area contributed by atoms with Gasteiger partial charge in [0.25, 0.3) is 0 Å². The first-order valence-electron chi connectivity index (χ1n) is 8.72. The minimum atomic E-state index is -0.919. The van der Waals surface area contributed by atoms with E-state index in [1.54, 1.807) is 37.1 Å². The first-order valence-corrected chi connectivity index (χ1v) is 9.71. The quantitative estimate of drug-likeness (QED) is 0.468. The molecule has 0 radical (unpaired) electrons. The molecule has 1 aromatic heterocycles. The molecule has 0 saturated carbocycles. The van der Waals surface area contributed by atoms with E-state index in [-0.39, 0.29) is 0 Å². The fourth-order valence-corrected chi connectivity index (χ4v) is 3.99. The van der Waals surface area contributed by atoms with Crippen molar-refractivity contribution in [3.05, 3.63) is 83.9 Å². The van der Waals surface area contributed by atoms with Crippen LogP contribution in [0.2, 0.25) is 0 Å². The third kappa shape index (κ3) is 3.59. The molecular formula is C22H18N2O3S. The molecule has 0 atom stereocenters. The molecule has 6 heteroatoms. The first kappa shape index (κ1) is 18.1. The normalized spacial score (nSPS) is 10.9. The van der Waals surface area contributed by atoms with Gasteiger partial charge in [0.1, 0.15) is 5.75 Å². The van der Waals surface area contributed by atoms with E-state index >= 15 is 0 Å². The fraction of sp³-hybridized carbons (Fsp3) is 0.0909. The summed E-state index contributed by atoms with van der Waals surface area (Å²) in [5.41, 5.74) is 4.17. The summed E-state index contributed by atoms with van der Waals surface area (Å²) < 4.78 is 7.37. The van der Waals surface area contributed by atoms with Crippen LogP contribution >= 0.6 is 11.8 Å². The number of thioether (sulfide) groups is 1. The molecule has 0 aliphatic heterocycles. The van der Waals surface area contributed by atoms with Crippen molar-refractivity contribution < 1.29 is 14.6 Å². The van der Waals surface area contributed by atoms with Crippen molar-refractivity contribution in [1.82, 2.24) is 9.55 Å². The SMILES string of the molecule is COc1ccc(-n2c(SCc3cccc(C(=O)O)c3)nc3ccccc32)cc1. The van der Waals surface area contributed by atoms with Crippen molar-refractivity contribution in [2.45, 2.75) is 10.9 Å². The number of fused-ring (bicyclic) bond motifs is 1. The van der Waals surface area contributed by atoms with E-state index in [1.807, 2.05) is 54.6 Å². The van der Waals surface area contributed by atoms with Crippen LogP contribution in [0.15, 0.2) is 78.0 Å². The zero-order valence-electron chi connectivity index (χ0n) is 15.2. The lowest BCUT2D eigenvalue weighted by molar-refractivity contribution is 0.0697. The zero-order valence-corrected chi connectivity index (χ0v) is 16.0. The van der Waals surface area contributed by atoms with Gasteiger partial charge >= 0.3 is 5.97 Å². The highest BCUT2D eigenvalue weighted by atomic mass is 32.2. The molecule has 0 aliphatic carbocycles. The number of benzene rings is 3. The number of aromatic nitrogens is 2. The Labute approximate surface area is 166 Å². The maximum atomic E-state index is 11.2. The van der Waals surface area contributed by atoms with Crippen LogP contribution in [0.4, 0.5) is 0 Å². The second-order valence-corrected chi connectivity index (χ2v) is 7.15. The van der Waals surface area contributed by atoms with Gasteiger partial charge in [0.2, 0.25) is 0 Å². The number of hydrogen-bond donors (Lipinski definition) is 1. The highest BCUT2D eigenvalue weighted by Crippen LogP contribution is 2.30. The molecule has 0 bridgehead atoms. The number of methoxy groups -OCH3 is 1. The summed E-state index contributed by atoms with van der Waals surface area (Å²) in [7, 11) is 1.65. The molecule has 140 valence electrons. The van der Waals surface area contributed by atoms with Gasteiger partial charge in [-0.3, -0.25) is 4.57 Å². The summed E-state index contributed by atoms with van der Waals surface area (Å²) in [5, 5.41) is 10.0. The summed E-state index contributed by atoms with van der Waals surface area (Å²) in [5.74, 6) is 0.505. The van der Waals surface area contributed by atoms with E-state index in [0.29, 0.717) is 11.3 Å². The third-order valence-electron chi connectivity index (χ3n) is 4.40. The molecule has 5 nitrogen and oxygen atoms in total. The van der Waals surface area contributed by atoms with Crippen molar-refractivity contribution in [2.24, 2.45) is 0 Å². The lowest BCUT2D eigenvalue weighted by Gasteiger charge is -2.10. The van der Waals surface area contributed by atoms with Gasteiger partial charge in [0.15, 0.2) is 5.16 Å². The Morgan fingerprint density at radius 3 is 2.61 bits per heavy atom. The number of nitrogens with zero attached hydrogens (tertiary/aromatic N) is 2. The molecule has 3 aromatic carbocycles. The molecule has 28 heavy (non-hydrogen) atoms. The molecule has 0 unspecified atom stereocenters. The maximum absolute atomic E-state index is 11.2. The minimum Gasteiger partial charge on any atom is -0.497 e. The summed E-state index contributed by atoms with van der Waals surface area (Å²) >= 11 is 1.58. The number of ether oxygens (including phenoxy) is 1. The molecular weight excluding hydrogens is 372 g/mol. The first-order chi connectivity index (χ1) is 13.7. The summed E-state index contributed by atoms with van der Waals surface area (Å²) in [6, 6.07) is 22.9. The van der Waals surface area contributed by atoms with Gasteiger partial charge < -0.3 is 9.84 Å². The number of carbonyl (C=O) groups is 1. The number of carboxylic acids is 1. The maximum Gasteiger partial charge on any atom is 0.335 e. The lowest BCUT2D eigenvalue weighted by atomic mass is 10.1. The molecule has 0 fully saturated rings. The Morgan fingerprint density at radius 1 is 1.07 bits per heavy atom. The van der Waals surface area contributed by atoms with E-state index in [1.165, 1.54) is 0 Å². The van der Waals surface area contributed by atoms with E-state index in [0.717, 1.165) is 33.2 Å². The second kappa shape index (κ2) is 7.78. The van der Waals surface area contributed by atoms with Gasteiger partial charge in [-0.25, -0.2) is 9.78 Å². The van der Waals surface area contributed by atoms with Gasteiger partial charge in [-0.05, 0) is 54.1 Å². The molecule has 0 spiro atoms. The van der Waals surface area contributed by atoms with Crippen LogP contribution in [0.25, 0.3) is 16.7 Å². The second-order valence-electron chi connectivity index (χ2n) is 6.21. The van der Waals surface area contributed by atoms with Gasteiger partial charge in [0, 0.05) is 11.4 Å². The molecule has 1 heterocycles. The Hall–Kier alpha value is -3.25. The Kier molecular flexibility index (Phi) is 5.04. The van der Waals surface area contributed by atoms with E-state index in [4.69, 9.17) is 9.72 Å². The van der Waals surface area contributed by atoms with Gasteiger partial charge in [-0.15, -0.1) is 0 Å². The van der Waals surface area contributed by atoms with Crippen LogP contribution in [0.3, 0.4) is 0 Å². The molecule has 0 saturated heterocycles. The van der Waals surface area contributed by atoms with Crippen LogP contribution in [0.5, 0.6) is 5.75 Å². The van der Waals surface area contributed by atoms with E-state index < -0.39 is 5.97 Å². The molecule has 1 N–H and O–H groups in total. The largest absolute Gasteiger partial charge is 0.497 e. The van der Waals surface area contributed by atoms with Crippen LogP contribution in [-0.2, 0) is 5.75 Å². The monoisotopic (exact) mass is 390 g/mol. The van der Waals surface area contributed by atoms with Crippen molar-refractivity contribution in [3.63, 3.8) is 0 Å². The van der Waals surface area contributed by atoms with Crippen molar-refractivity contribution >= 4 is 28.8 Å². The summed E-state index contributed by atoms with van der Waals surface area (Å²) in [4.78, 5) is 16.0.